The van der Waals surface area contributed by atoms with Crippen molar-refractivity contribution in [2.45, 2.75) is 39.2 Å². The molecular weight excluding hydrogens is 318 g/mol. The first-order chi connectivity index (χ1) is 12.2. The van der Waals surface area contributed by atoms with E-state index in [-0.39, 0.29) is 11.9 Å². The Hall–Kier alpha value is -2.70. The summed E-state index contributed by atoms with van der Waals surface area (Å²) in [6.45, 7) is 5.42. The van der Waals surface area contributed by atoms with Gasteiger partial charge in [0.05, 0.1) is 22.7 Å². The van der Waals surface area contributed by atoms with E-state index in [1.807, 2.05) is 30.3 Å². The second kappa shape index (κ2) is 6.31. The maximum atomic E-state index is 13.0. The van der Waals surface area contributed by atoms with Crippen molar-refractivity contribution in [3.8, 4) is 0 Å². The van der Waals surface area contributed by atoms with Crippen LogP contribution < -0.4 is 0 Å². The van der Waals surface area contributed by atoms with Gasteiger partial charge in [0.2, 0.25) is 0 Å². The van der Waals surface area contributed by atoms with Crippen LogP contribution in [0.15, 0.2) is 29.2 Å². The number of pyridine rings is 1. The summed E-state index contributed by atoms with van der Waals surface area (Å²) in [7, 11) is 0. The van der Waals surface area contributed by atoms with Crippen molar-refractivity contribution in [3.63, 3.8) is 0 Å². The van der Waals surface area contributed by atoms with Crippen LogP contribution in [0.4, 0.5) is 0 Å². The summed E-state index contributed by atoms with van der Waals surface area (Å²) in [5, 5.41) is 4.69. The standard InChI is InChI=1S/C18H21N5O2/c1-3-16-19-6-8-23(16)14-5-4-7-22(11-14)18(24)13-9-15-12(2)21-25-17(15)20-10-13/h6,8-10,14H,3-5,7,11H2,1-2H3/t14-/m1/s1. The number of carbonyl (C=O) groups is 1. The van der Waals surface area contributed by atoms with E-state index in [1.54, 1.807) is 6.20 Å². The van der Waals surface area contributed by atoms with Gasteiger partial charge in [-0.1, -0.05) is 12.1 Å². The minimum atomic E-state index is 0.0119. The second-order valence-electron chi connectivity index (χ2n) is 6.50. The van der Waals surface area contributed by atoms with E-state index in [0.717, 1.165) is 42.7 Å². The van der Waals surface area contributed by atoms with Crippen molar-refractivity contribution < 1.29 is 9.32 Å². The summed E-state index contributed by atoms with van der Waals surface area (Å²) < 4.78 is 7.34. The minimum Gasteiger partial charge on any atom is -0.337 e. The van der Waals surface area contributed by atoms with E-state index >= 15 is 0 Å². The van der Waals surface area contributed by atoms with Gasteiger partial charge in [0, 0.05) is 38.1 Å². The van der Waals surface area contributed by atoms with Crippen molar-refractivity contribution >= 4 is 17.0 Å². The molecule has 1 atom stereocenters. The lowest BCUT2D eigenvalue weighted by atomic mass is 10.0. The minimum absolute atomic E-state index is 0.0119. The number of hydrogen-bond acceptors (Lipinski definition) is 5. The highest BCUT2D eigenvalue weighted by molar-refractivity contribution is 5.97. The first-order valence-corrected chi connectivity index (χ1v) is 8.70. The predicted molar refractivity (Wildman–Crippen MR) is 92.3 cm³/mol. The van der Waals surface area contributed by atoms with E-state index in [4.69, 9.17) is 4.52 Å². The van der Waals surface area contributed by atoms with Crippen molar-refractivity contribution in [1.82, 2.24) is 24.6 Å². The molecule has 0 bridgehead atoms. The molecule has 1 fully saturated rings. The molecule has 25 heavy (non-hydrogen) atoms. The summed E-state index contributed by atoms with van der Waals surface area (Å²) in [5.74, 6) is 1.08. The molecule has 0 aliphatic carbocycles. The quantitative estimate of drug-likeness (QED) is 0.733. The number of amides is 1. The fraction of sp³-hybridized carbons (Fsp3) is 0.444. The van der Waals surface area contributed by atoms with E-state index in [1.165, 1.54) is 0 Å². The van der Waals surface area contributed by atoms with Crippen LogP contribution in [0.25, 0.3) is 11.1 Å². The fourth-order valence-corrected chi connectivity index (χ4v) is 3.56. The number of rotatable bonds is 3. The molecule has 3 aromatic rings. The summed E-state index contributed by atoms with van der Waals surface area (Å²) in [5.41, 5.74) is 1.80. The first-order valence-electron chi connectivity index (χ1n) is 8.70. The van der Waals surface area contributed by atoms with Gasteiger partial charge >= 0.3 is 0 Å². The molecule has 0 N–H and O–H groups in total. The molecule has 0 spiro atoms. The number of aryl methyl sites for hydroxylation is 2. The topological polar surface area (TPSA) is 77.0 Å². The third kappa shape index (κ3) is 2.79. The zero-order valence-corrected chi connectivity index (χ0v) is 14.5. The van der Waals surface area contributed by atoms with Crippen LogP contribution in [-0.2, 0) is 6.42 Å². The van der Waals surface area contributed by atoms with Gasteiger partial charge in [-0.3, -0.25) is 4.79 Å². The monoisotopic (exact) mass is 339 g/mol. The van der Waals surface area contributed by atoms with E-state index in [9.17, 15) is 4.79 Å². The summed E-state index contributed by atoms with van der Waals surface area (Å²) in [6.07, 6.45) is 8.38. The maximum absolute atomic E-state index is 13.0. The molecule has 130 valence electrons. The summed E-state index contributed by atoms with van der Waals surface area (Å²) in [4.78, 5) is 23.5. The van der Waals surface area contributed by atoms with Gasteiger partial charge < -0.3 is 14.0 Å². The lowest BCUT2D eigenvalue weighted by molar-refractivity contribution is 0.0677. The Morgan fingerprint density at radius 1 is 1.40 bits per heavy atom. The lowest BCUT2D eigenvalue weighted by Crippen LogP contribution is -2.41. The van der Waals surface area contributed by atoms with Crippen LogP contribution >= 0.6 is 0 Å². The molecule has 4 heterocycles. The van der Waals surface area contributed by atoms with Crippen molar-refractivity contribution in [2.24, 2.45) is 0 Å². The molecule has 3 aromatic heterocycles. The number of likely N-dealkylation sites (tertiary alicyclic amines) is 1. The number of carbonyl (C=O) groups excluding carboxylic acids is 1. The van der Waals surface area contributed by atoms with Gasteiger partial charge in [-0.15, -0.1) is 0 Å². The third-order valence-corrected chi connectivity index (χ3v) is 4.90. The van der Waals surface area contributed by atoms with Crippen molar-refractivity contribution in [3.05, 3.63) is 41.7 Å². The highest BCUT2D eigenvalue weighted by Gasteiger charge is 2.27. The molecule has 0 radical (unpaired) electrons. The normalized spacial score (nSPS) is 18.0. The number of hydrogen-bond donors (Lipinski definition) is 0. The van der Waals surface area contributed by atoms with E-state index < -0.39 is 0 Å². The Morgan fingerprint density at radius 2 is 2.28 bits per heavy atom. The number of fused-ring (bicyclic) bond motifs is 1. The van der Waals surface area contributed by atoms with Gasteiger partial charge in [-0.05, 0) is 25.8 Å². The second-order valence-corrected chi connectivity index (χ2v) is 6.50. The molecule has 7 heteroatoms. The molecule has 0 aromatic carbocycles. The molecule has 1 aliphatic heterocycles. The number of imidazole rings is 1. The maximum Gasteiger partial charge on any atom is 0.257 e. The number of aromatic nitrogens is 4. The van der Waals surface area contributed by atoms with Crippen LogP contribution in [0.2, 0.25) is 0 Å². The summed E-state index contributed by atoms with van der Waals surface area (Å²) >= 11 is 0. The smallest absolute Gasteiger partial charge is 0.257 e. The molecular formula is C18H21N5O2. The average Bonchev–Trinajstić information content (AvgIpc) is 3.28. The molecule has 0 saturated carbocycles. The highest BCUT2D eigenvalue weighted by Crippen LogP contribution is 2.25. The lowest BCUT2D eigenvalue weighted by Gasteiger charge is -2.34. The Morgan fingerprint density at radius 3 is 3.12 bits per heavy atom. The molecule has 1 amide bonds. The van der Waals surface area contributed by atoms with E-state index in [2.05, 4.69) is 26.6 Å². The van der Waals surface area contributed by atoms with E-state index in [0.29, 0.717) is 17.8 Å². The number of piperidine rings is 1. The van der Waals surface area contributed by atoms with Gasteiger partial charge in [0.25, 0.3) is 11.6 Å². The fourth-order valence-electron chi connectivity index (χ4n) is 3.56. The Balaban J connectivity index is 1.57. The average molecular weight is 339 g/mol. The number of nitrogens with zero attached hydrogens (tertiary/aromatic N) is 5. The van der Waals surface area contributed by atoms with Crippen LogP contribution in [0.1, 0.15) is 47.7 Å². The first kappa shape index (κ1) is 15.8. The molecule has 0 unspecified atom stereocenters. The molecule has 1 saturated heterocycles. The van der Waals surface area contributed by atoms with Crippen molar-refractivity contribution in [1.29, 1.82) is 0 Å². The Labute approximate surface area is 145 Å². The van der Waals surface area contributed by atoms with Gasteiger partial charge in [0.1, 0.15) is 5.82 Å². The zero-order chi connectivity index (χ0) is 17.4. The molecule has 7 nitrogen and oxygen atoms in total. The Kier molecular flexibility index (Phi) is 3.99. The van der Waals surface area contributed by atoms with Crippen LogP contribution in [-0.4, -0.2) is 43.6 Å². The molecule has 1 aliphatic rings. The largest absolute Gasteiger partial charge is 0.337 e. The SMILES string of the molecule is CCc1nccn1[C@@H]1CCCN(C(=O)c2cnc3onc(C)c3c2)C1. The van der Waals surface area contributed by atoms with Gasteiger partial charge in [0.15, 0.2) is 0 Å². The van der Waals surface area contributed by atoms with Gasteiger partial charge in [-0.25, -0.2) is 9.97 Å². The molecule has 4 rings (SSSR count). The predicted octanol–water partition coefficient (Wildman–Crippen LogP) is 2.77. The Bertz CT molecular complexity index is 913. The zero-order valence-electron chi connectivity index (χ0n) is 14.5. The van der Waals surface area contributed by atoms with Crippen LogP contribution in [0.3, 0.4) is 0 Å². The summed E-state index contributed by atoms with van der Waals surface area (Å²) in [6, 6.07) is 2.11. The van der Waals surface area contributed by atoms with Crippen LogP contribution in [0.5, 0.6) is 0 Å². The third-order valence-electron chi connectivity index (χ3n) is 4.90. The van der Waals surface area contributed by atoms with Crippen molar-refractivity contribution in [2.75, 3.05) is 13.1 Å². The van der Waals surface area contributed by atoms with Gasteiger partial charge in [-0.2, -0.15) is 0 Å². The van der Waals surface area contributed by atoms with Crippen LogP contribution in [0, 0.1) is 6.92 Å². The highest BCUT2D eigenvalue weighted by atomic mass is 16.5.